The second-order valence-electron chi connectivity index (χ2n) is 7.22. The monoisotopic (exact) mass is 446 g/mol. The Kier molecular flexibility index (Phi) is 5.97. The third-order valence-corrected chi connectivity index (χ3v) is 5.33. The third kappa shape index (κ3) is 4.34. The largest absolute Gasteiger partial charge is 0.492 e. The van der Waals surface area contributed by atoms with Crippen LogP contribution in [-0.4, -0.2) is 54.7 Å². The molecule has 1 unspecified atom stereocenters. The summed E-state index contributed by atoms with van der Waals surface area (Å²) in [7, 11) is 0. The van der Waals surface area contributed by atoms with Gasteiger partial charge >= 0.3 is 6.02 Å². The van der Waals surface area contributed by atoms with Crippen molar-refractivity contribution in [3.63, 3.8) is 0 Å². The summed E-state index contributed by atoms with van der Waals surface area (Å²) in [5.41, 5.74) is 2.41. The molecule has 31 heavy (non-hydrogen) atoms. The van der Waals surface area contributed by atoms with E-state index in [0.29, 0.717) is 48.9 Å². The van der Waals surface area contributed by atoms with Crippen LogP contribution in [0.3, 0.4) is 0 Å². The Morgan fingerprint density at radius 1 is 1.19 bits per heavy atom. The first-order chi connectivity index (χ1) is 15.3. The van der Waals surface area contributed by atoms with Crippen LogP contribution in [0.1, 0.15) is 24.6 Å². The van der Waals surface area contributed by atoms with E-state index in [1.807, 2.05) is 24.3 Å². The van der Waals surface area contributed by atoms with Crippen LogP contribution in [0.15, 0.2) is 41.7 Å². The van der Waals surface area contributed by atoms with Gasteiger partial charge in [-0.25, -0.2) is 4.84 Å². The minimum atomic E-state index is -0.413. The molecule has 0 amide bonds. The number of nitrogens with zero attached hydrogens (tertiary/aromatic N) is 3. The molecule has 0 radical (unpaired) electrons. The minimum Gasteiger partial charge on any atom is -0.492 e. The van der Waals surface area contributed by atoms with Crippen molar-refractivity contribution in [2.24, 2.45) is 4.99 Å². The molecule has 0 spiro atoms. The summed E-state index contributed by atoms with van der Waals surface area (Å²) in [5, 5.41) is 5.11. The Bertz CT molecular complexity index is 939. The predicted octanol–water partition coefficient (Wildman–Crippen LogP) is 3.59. The van der Waals surface area contributed by atoms with E-state index in [9.17, 15) is 0 Å². The number of nitrogens with one attached hydrogen (secondary N) is 1. The fourth-order valence-corrected chi connectivity index (χ4v) is 3.82. The summed E-state index contributed by atoms with van der Waals surface area (Å²) < 4.78 is 23.3. The van der Waals surface area contributed by atoms with E-state index in [1.165, 1.54) is 0 Å². The molecule has 1 aromatic carbocycles. The van der Waals surface area contributed by atoms with Crippen LogP contribution in [0.25, 0.3) is 0 Å². The lowest BCUT2D eigenvalue weighted by Gasteiger charge is -2.34. The minimum absolute atomic E-state index is 0.0452. The van der Waals surface area contributed by atoms with Crippen molar-refractivity contribution < 1.29 is 23.8 Å². The number of anilines is 1. The average Bonchev–Trinajstić information content (AvgIpc) is 3.27. The smallest absolute Gasteiger partial charge is 0.322 e. The number of rotatable bonds is 7. The Morgan fingerprint density at radius 2 is 2.03 bits per heavy atom. The highest BCUT2D eigenvalue weighted by molar-refractivity contribution is 6.18. The molecule has 10 heteroatoms. The van der Waals surface area contributed by atoms with Crippen molar-refractivity contribution in [1.29, 1.82) is 0 Å². The van der Waals surface area contributed by atoms with Crippen molar-refractivity contribution in [3.8, 4) is 11.5 Å². The standard InChI is InChI=1S/C21H23ClN4O5/c22-5-10-28-16-11-17-19(18(12-16)31-15-3-8-27-9-4-15)20(24-14-1-6-23-7-2-14)26-21(25-17)29-13-30-26/h1-2,6-7,11-12,15,20H,3-5,8-10,13H2,(H,23,24). The number of pyridine rings is 1. The lowest BCUT2D eigenvalue weighted by Crippen LogP contribution is -2.37. The Morgan fingerprint density at radius 3 is 2.84 bits per heavy atom. The topological polar surface area (TPSA) is 86.7 Å². The summed E-state index contributed by atoms with van der Waals surface area (Å²) in [6.45, 7) is 1.84. The van der Waals surface area contributed by atoms with Crippen molar-refractivity contribution in [1.82, 2.24) is 10.0 Å². The lowest BCUT2D eigenvalue weighted by atomic mass is 10.1. The molecule has 2 aromatic rings. The molecular weight excluding hydrogens is 424 g/mol. The maximum absolute atomic E-state index is 6.45. The van der Waals surface area contributed by atoms with E-state index in [-0.39, 0.29) is 12.9 Å². The average molecular weight is 447 g/mol. The number of hydrogen-bond acceptors (Lipinski definition) is 9. The predicted molar refractivity (Wildman–Crippen MR) is 114 cm³/mol. The number of benzene rings is 1. The van der Waals surface area contributed by atoms with Crippen LogP contribution >= 0.6 is 11.6 Å². The van der Waals surface area contributed by atoms with Crippen molar-refractivity contribution in [2.45, 2.75) is 25.1 Å². The number of hydroxylamine groups is 2. The number of ether oxygens (including phenoxy) is 4. The Hall–Kier alpha value is -2.75. The van der Waals surface area contributed by atoms with Gasteiger partial charge in [0.15, 0.2) is 6.17 Å². The third-order valence-electron chi connectivity index (χ3n) is 5.18. The molecular formula is C21H23ClN4O5. The van der Waals surface area contributed by atoms with Gasteiger partial charge in [0.2, 0.25) is 6.79 Å². The molecule has 0 aliphatic carbocycles. The van der Waals surface area contributed by atoms with Crippen LogP contribution in [0, 0.1) is 0 Å². The number of fused-ring (bicyclic) bond motifs is 2. The normalized spacial score (nSPS) is 20.4. The molecule has 1 N–H and O–H groups in total. The number of aromatic nitrogens is 1. The zero-order valence-corrected chi connectivity index (χ0v) is 17.6. The Balaban J connectivity index is 1.55. The van der Waals surface area contributed by atoms with Crippen LogP contribution in [0.2, 0.25) is 0 Å². The highest BCUT2D eigenvalue weighted by atomic mass is 35.5. The molecule has 0 saturated carbocycles. The zero-order chi connectivity index (χ0) is 21.0. The van der Waals surface area contributed by atoms with E-state index < -0.39 is 6.17 Å². The summed E-state index contributed by atoms with van der Waals surface area (Å²) in [4.78, 5) is 14.5. The van der Waals surface area contributed by atoms with Gasteiger partial charge in [-0.05, 0) is 12.1 Å². The van der Waals surface area contributed by atoms with E-state index in [1.54, 1.807) is 17.5 Å². The second kappa shape index (κ2) is 9.17. The summed E-state index contributed by atoms with van der Waals surface area (Å²) >= 11 is 5.82. The van der Waals surface area contributed by atoms with Gasteiger partial charge in [-0.3, -0.25) is 4.98 Å². The van der Waals surface area contributed by atoms with Crippen LogP contribution in [-0.2, 0) is 14.3 Å². The van der Waals surface area contributed by atoms with Crippen LogP contribution < -0.4 is 14.8 Å². The van der Waals surface area contributed by atoms with Gasteiger partial charge in [0.1, 0.15) is 24.2 Å². The van der Waals surface area contributed by atoms with Gasteiger partial charge in [-0.1, -0.05) is 0 Å². The molecule has 3 aliphatic heterocycles. The zero-order valence-electron chi connectivity index (χ0n) is 16.8. The first kappa shape index (κ1) is 20.2. The fraction of sp³-hybridized carbons (Fsp3) is 0.429. The molecule has 1 aromatic heterocycles. The first-order valence-electron chi connectivity index (χ1n) is 10.2. The number of aliphatic imine (C=N–C) groups is 1. The second-order valence-corrected chi connectivity index (χ2v) is 7.59. The molecule has 1 atom stereocenters. The first-order valence-corrected chi connectivity index (χ1v) is 10.8. The van der Waals surface area contributed by atoms with Crippen molar-refractivity contribution in [2.75, 3.05) is 37.8 Å². The maximum Gasteiger partial charge on any atom is 0.322 e. The number of halogens is 1. The number of amidine groups is 1. The highest BCUT2D eigenvalue weighted by Gasteiger charge is 2.39. The summed E-state index contributed by atoms with van der Waals surface area (Å²) in [6.07, 6.45) is 4.73. The molecule has 5 rings (SSSR count). The SMILES string of the molecule is ClCCOc1cc2c(c(OC3CCOCC3)c1)C(Nc1ccncc1)N1OCOC1=N2. The maximum atomic E-state index is 6.45. The fourth-order valence-electron chi connectivity index (χ4n) is 3.74. The van der Waals surface area contributed by atoms with E-state index >= 15 is 0 Å². The van der Waals surface area contributed by atoms with E-state index in [0.717, 1.165) is 24.1 Å². The van der Waals surface area contributed by atoms with Gasteiger partial charge in [0.25, 0.3) is 0 Å². The molecule has 3 aliphatic rings. The Labute approximate surface area is 184 Å². The molecule has 0 bridgehead atoms. The van der Waals surface area contributed by atoms with Crippen molar-refractivity contribution in [3.05, 3.63) is 42.2 Å². The van der Waals surface area contributed by atoms with Gasteiger partial charge in [0, 0.05) is 43.1 Å². The van der Waals surface area contributed by atoms with Crippen LogP contribution in [0.5, 0.6) is 11.5 Å². The van der Waals surface area contributed by atoms with Gasteiger partial charge < -0.3 is 24.3 Å². The molecule has 4 heterocycles. The lowest BCUT2D eigenvalue weighted by molar-refractivity contribution is -0.115. The molecule has 2 saturated heterocycles. The van der Waals surface area contributed by atoms with Gasteiger partial charge in [0.05, 0.1) is 30.3 Å². The highest BCUT2D eigenvalue weighted by Crippen LogP contribution is 2.46. The van der Waals surface area contributed by atoms with Crippen molar-refractivity contribution >= 4 is 29.0 Å². The molecule has 164 valence electrons. The summed E-state index contributed by atoms with van der Waals surface area (Å²) in [6, 6.07) is 7.91. The van der Waals surface area contributed by atoms with Gasteiger partial charge in [-0.15, -0.1) is 11.6 Å². The van der Waals surface area contributed by atoms with E-state index in [2.05, 4.69) is 15.3 Å². The quantitative estimate of drug-likeness (QED) is 0.646. The molecule has 9 nitrogen and oxygen atoms in total. The number of hydrogen-bond donors (Lipinski definition) is 1. The number of alkyl halides is 1. The van der Waals surface area contributed by atoms with Gasteiger partial charge in [-0.2, -0.15) is 10.1 Å². The van der Waals surface area contributed by atoms with E-state index in [4.69, 9.17) is 35.4 Å². The molecule has 2 fully saturated rings. The summed E-state index contributed by atoms with van der Waals surface area (Å²) in [5.74, 6) is 1.71. The van der Waals surface area contributed by atoms with Crippen LogP contribution in [0.4, 0.5) is 11.4 Å².